The maximum atomic E-state index is 11.7. The van der Waals surface area contributed by atoms with E-state index >= 15 is 0 Å². The van der Waals surface area contributed by atoms with Crippen LogP contribution < -0.4 is 0 Å². The Hall–Kier alpha value is -1.31. The van der Waals surface area contributed by atoms with E-state index in [2.05, 4.69) is 27.7 Å². The summed E-state index contributed by atoms with van der Waals surface area (Å²) in [6, 6.07) is 3.88. The Kier molecular flexibility index (Phi) is 2.75. The number of aryl methyl sites for hydroxylation is 1. The van der Waals surface area contributed by atoms with E-state index in [0.717, 1.165) is 17.5 Å². The molecule has 1 aliphatic heterocycles. The molecule has 0 spiro atoms. The zero-order valence-electron chi connectivity index (χ0n) is 10.3. The molecule has 0 amide bonds. The van der Waals surface area contributed by atoms with E-state index < -0.39 is 0 Å². The van der Waals surface area contributed by atoms with Crippen LogP contribution in [0.2, 0.25) is 0 Å². The van der Waals surface area contributed by atoms with Crippen molar-refractivity contribution in [1.29, 1.82) is 0 Å². The summed E-state index contributed by atoms with van der Waals surface area (Å²) < 4.78 is 5.44. The van der Waals surface area contributed by atoms with Gasteiger partial charge in [-0.3, -0.25) is 0 Å². The molecule has 0 saturated carbocycles. The van der Waals surface area contributed by atoms with Crippen LogP contribution >= 0.6 is 0 Å². The van der Waals surface area contributed by atoms with Gasteiger partial charge in [0.15, 0.2) is 0 Å². The van der Waals surface area contributed by atoms with Crippen LogP contribution in [0.4, 0.5) is 0 Å². The summed E-state index contributed by atoms with van der Waals surface area (Å²) in [5, 5.41) is 0. The molecule has 0 radical (unpaired) electrons. The first-order valence-corrected chi connectivity index (χ1v) is 5.81. The molecule has 86 valence electrons. The van der Waals surface area contributed by atoms with E-state index in [4.69, 9.17) is 4.74 Å². The molecular formula is C14H18O2. The average molecular weight is 218 g/mol. The van der Waals surface area contributed by atoms with Crippen LogP contribution in [-0.2, 0) is 4.74 Å². The smallest absolute Gasteiger partial charge is 0.339 e. The second-order valence-electron chi connectivity index (χ2n) is 4.99. The van der Waals surface area contributed by atoms with Crippen LogP contribution in [0.25, 0.3) is 0 Å². The number of benzene rings is 1. The van der Waals surface area contributed by atoms with E-state index in [1.165, 1.54) is 11.1 Å². The van der Waals surface area contributed by atoms with E-state index in [9.17, 15) is 4.79 Å². The van der Waals surface area contributed by atoms with Crippen molar-refractivity contribution in [3.63, 3.8) is 0 Å². The highest BCUT2D eigenvalue weighted by Crippen LogP contribution is 2.38. The van der Waals surface area contributed by atoms with Crippen molar-refractivity contribution < 1.29 is 9.53 Å². The highest BCUT2D eigenvalue weighted by atomic mass is 16.5. The molecular weight excluding hydrogens is 200 g/mol. The SMILES string of the molecule is Cc1ccc2c(c1C)C(CC(C)C)OC2=O. The minimum absolute atomic E-state index is 0.0394. The number of hydrogen-bond acceptors (Lipinski definition) is 2. The molecule has 0 saturated heterocycles. The van der Waals surface area contributed by atoms with Crippen molar-refractivity contribution >= 4 is 5.97 Å². The highest BCUT2D eigenvalue weighted by molar-refractivity contribution is 5.94. The fraction of sp³-hybridized carbons (Fsp3) is 0.500. The molecule has 0 aliphatic carbocycles. The molecule has 16 heavy (non-hydrogen) atoms. The molecule has 2 rings (SSSR count). The van der Waals surface area contributed by atoms with Crippen LogP contribution in [0.15, 0.2) is 12.1 Å². The van der Waals surface area contributed by atoms with Gasteiger partial charge in [-0.15, -0.1) is 0 Å². The first kappa shape index (κ1) is 11.2. The molecule has 1 aromatic carbocycles. The predicted molar refractivity (Wildman–Crippen MR) is 63.5 cm³/mol. The highest BCUT2D eigenvalue weighted by Gasteiger charge is 2.32. The molecule has 1 heterocycles. The zero-order valence-corrected chi connectivity index (χ0v) is 10.3. The molecule has 1 aromatic rings. The minimum Gasteiger partial charge on any atom is -0.454 e. The quantitative estimate of drug-likeness (QED) is 0.709. The van der Waals surface area contributed by atoms with E-state index in [-0.39, 0.29) is 12.1 Å². The van der Waals surface area contributed by atoms with Gasteiger partial charge in [-0.25, -0.2) is 4.79 Å². The van der Waals surface area contributed by atoms with Gasteiger partial charge in [-0.2, -0.15) is 0 Å². The summed E-state index contributed by atoms with van der Waals surface area (Å²) in [5.74, 6) is 0.368. The standard InChI is InChI=1S/C14H18O2/c1-8(2)7-12-13-10(4)9(3)5-6-11(13)14(15)16-12/h5-6,8,12H,7H2,1-4H3. The summed E-state index contributed by atoms with van der Waals surface area (Å²) >= 11 is 0. The second kappa shape index (κ2) is 3.93. The van der Waals surface area contributed by atoms with Gasteiger partial charge in [0.25, 0.3) is 0 Å². The van der Waals surface area contributed by atoms with E-state index in [1.807, 2.05) is 12.1 Å². The predicted octanol–water partition coefficient (Wildman–Crippen LogP) is 3.56. The van der Waals surface area contributed by atoms with Crippen molar-refractivity contribution in [1.82, 2.24) is 0 Å². The minimum atomic E-state index is -0.163. The number of hydrogen-bond donors (Lipinski definition) is 0. The number of ether oxygens (including phenoxy) is 1. The molecule has 1 aliphatic rings. The van der Waals surface area contributed by atoms with Gasteiger partial charge in [0.1, 0.15) is 6.10 Å². The zero-order chi connectivity index (χ0) is 11.9. The Morgan fingerprint density at radius 3 is 2.62 bits per heavy atom. The summed E-state index contributed by atoms with van der Waals surface area (Å²) in [7, 11) is 0. The lowest BCUT2D eigenvalue weighted by Gasteiger charge is -2.15. The van der Waals surface area contributed by atoms with Crippen molar-refractivity contribution in [3.05, 3.63) is 34.4 Å². The normalized spacial score (nSPS) is 18.8. The third-order valence-electron chi connectivity index (χ3n) is 3.26. The summed E-state index contributed by atoms with van der Waals surface area (Å²) in [4.78, 5) is 11.7. The van der Waals surface area contributed by atoms with Crippen LogP contribution in [0.5, 0.6) is 0 Å². The van der Waals surface area contributed by atoms with Gasteiger partial charge >= 0.3 is 5.97 Å². The van der Waals surface area contributed by atoms with E-state index in [0.29, 0.717) is 5.92 Å². The van der Waals surface area contributed by atoms with Crippen LogP contribution in [0.3, 0.4) is 0 Å². The molecule has 2 heteroatoms. The van der Waals surface area contributed by atoms with Gasteiger partial charge in [-0.1, -0.05) is 19.9 Å². The fourth-order valence-electron chi connectivity index (χ4n) is 2.28. The van der Waals surface area contributed by atoms with Crippen molar-refractivity contribution in [2.75, 3.05) is 0 Å². The number of fused-ring (bicyclic) bond motifs is 1. The molecule has 0 fully saturated rings. The number of rotatable bonds is 2. The molecule has 1 atom stereocenters. The van der Waals surface area contributed by atoms with Gasteiger partial charge in [-0.05, 0) is 43.4 Å². The fourth-order valence-corrected chi connectivity index (χ4v) is 2.28. The molecule has 0 N–H and O–H groups in total. The van der Waals surface area contributed by atoms with Gasteiger partial charge in [0.05, 0.1) is 5.56 Å². The Labute approximate surface area is 96.6 Å². The van der Waals surface area contributed by atoms with Gasteiger partial charge in [0.2, 0.25) is 0 Å². The monoisotopic (exact) mass is 218 g/mol. The van der Waals surface area contributed by atoms with Crippen molar-refractivity contribution in [3.8, 4) is 0 Å². The maximum Gasteiger partial charge on any atom is 0.339 e. The Morgan fingerprint density at radius 1 is 1.31 bits per heavy atom. The lowest BCUT2D eigenvalue weighted by Crippen LogP contribution is -2.04. The average Bonchev–Trinajstić information content (AvgIpc) is 2.49. The Morgan fingerprint density at radius 2 is 2.00 bits per heavy atom. The Balaban J connectivity index is 2.46. The van der Waals surface area contributed by atoms with E-state index in [1.54, 1.807) is 0 Å². The maximum absolute atomic E-state index is 11.7. The lowest BCUT2D eigenvalue weighted by atomic mass is 9.92. The summed E-state index contributed by atoms with van der Waals surface area (Å²) in [6.07, 6.45) is 0.866. The first-order valence-electron chi connectivity index (χ1n) is 5.81. The number of carbonyl (C=O) groups excluding carboxylic acids is 1. The number of carbonyl (C=O) groups is 1. The number of cyclic esters (lactones) is 1. The van der Waals surface area contributed by atoms with Crippen LogP contribution in [0, 0.1) is 19.8 Å². The topological polar surface area (TPSA) is 26.3 Å². The molecule has 2 nitrogen and oxygen atoms in total. The van der Waals surface area contributed by atoms with Crippen LogP contribution in [-0.4, -0.2) is 5.97 Å². The van der Waals surface area contributed by atoms with Crippen molar-refractivity contribution in [2.24, 2.45) is 5.92 Å². The molecule has 0 bridgehead atoms. The molecule has 1 unspecified atom stereocenters. The first-order chi connectivity index (χ1) is 7.50. The van der Waals surface area contributed by atoms with Crippen LogP contribution in [0.1, 0.15) is 53.4 Å². The van der Waals surface area contributed by atoms with Crippen molar-refractivity contribution in [2.45, 2.75) is 40.2 Å². The Bertz CT molecular complexity index is 433. The van der Waals surface area contributed by atoms with Gasteiger partial charge in [0, 0.05) is 5.56 Å². The lowest BCUT2D eigenvalue weighted by molar-refractivity contribution is 0.0342. The molecule has 0 aromatic heterocycles. The third kappa shape index (κ3) is 1.73. The largest absolute Gasteiger partial charge is 0.454 e. The summed E-state index contributed by atoms with van der Waals surface area (Å²) in [6.45, 7) is 8.45. The summed E-state index contributed by atoms with van der Waals surface area (Å²) in [5.41, 5.74) is 4.30. The second-order valence-corrected chi connectivity index (χ2v) is 4.99. The third-order valence-corrected chi connectivity index (χ3v) is 3.26. The number of esters is 1. The van der Waals surface area contributed by atoms with Gasteiger partial charge < -0.3 is 4.74 Å².